The van der Waals surface area contributed by atoms with Crippen LogP contribution in [-0.2, 0) is 0 Å². The van der Waals surface area contributed by atoms with Crippen LogP contribution in [0.4, 0.5) is 0 Å². The first-order chi connectivity index (χ1) is 8.43. The smallest absolute Gasteiger partial charge is 0.251 e. The fourth-order valence-corrected chi connectivity index (χ4v) is 1.77. The van der Waals surface area contributed by atoms with Crippen LogP contribution in [0.15, 0.2) is 18.2 Å². The summed E-state index contributed by atoms with van der Waals surface area (Å²) in [5.41, 5.74) is 1.13. The van der Waals surface area contributed by atoms with Gasteiger partial charge >= 0.3 is 0 Å². The molecular weight excluding hydrogens is 230 g/mol. The third-order valence-corrected chi connectivity index (χ3v) is 2.78. The second-order valence-corrected chi connectivity index (χ2v) is 4.98. The molecule has 0 fully saturated rings. The van der Waals surface area contributed by atoms with E-state index in [9.17, 15) is 15.0 Å². The number of phenols is 1. The van der Waals surface area contributed by atoms with Crippen molar-refractivity contribution in [1.82, 2.24) is 5.32 Å². The molecule has 0 bridgehead atoms. The Morgan fingerprint density at radius 2 is 2.06 bits per heavy atom. The normalized spacial score (nSPS) is 12.5. The highest BCUT2D eigenvalue weighted by Gasteiger charge is 2.15. The number of phenolic OH excluding ortho intramolecular Hbond substituents is 1. The van der Waals surface area contributed by atoms with E-state index in [0.717, 1.165) is 12.0 Å². The number of aliphatic hydroxyl groups excluding tert-OH is 1. The van der Waals surface area contributed by atoms with Gasteiger partial charge in [-0.1, -0.05) is 19.9 Å². The van der Waals surface area contributed by atoms with Gasteiger partial charge in [-0.3, -0.25) is 4.79 Å². The molecule has 3 N–H and O–H groups in total. The quantitative estimate of drug-likeness (QED) is 0.748. The Bertz CT molecular complexity index is 416. The maximum absolute atomic E-state index is 11.9. The van der Waals surface area contributed by atoms with Gasteiger partial charge in [0.1, 0.15) is 5.75 Å². The minimum Gasteiger partial charge on any atom is -0.508 e. The maximum atomic E-state index is 11.9. The Labute approximate surface area is 108 Å². The van der Waals surface area contributed by atoms with E-state index < -0.39 is 0 Å². The number of carbonyl (C=O) groups is 1. The number of nitrogens with one attached hydrogen (secondary N) is 1. The lowest BCUT2D eigenvalue weighted by molar-refractivity contribution is 0.0908. The lowest BCUT2D eigenvalue weighted by Crippen LogP contribution is -2.38. The van der Waals surface area contributed by atoms with Gasteiger partial charge in [-0.2, -0.15) is 0 Å². The van der Waals surface area contributed by atoms with Crippen LogP contribution >= 0.6 is 0 Å². The van der Waals surface area contributed by atoms with E-state index in [2.05, 4.69) is 5.32 Å². The summed E-state index contributed by atoms with van der Waals surface area (Å²) >= 11 is 0. The Hall–Kier alpha value is -1.55. The zero-order valence-corrected chi connectivity index (χ0v) is 11.1. The number of aliphatic hydroxyl groups is 1. The van der Waals surface area contributed by atoms with Crippen molar-refractivity contribution in [2.75, 3.05) is 6.61 Å². The van der Waals surface area contributed by atoms with Crippen molar-refractivity contribution in [1.29, 1.82) is 0 Å². The summed E-state index contributed by atoms with van der Waals surface area (Å²) in [4.78, 5) is 11.9. The summed E-state index contributed by atoms with van der Waals surface area (Å²) in [5.74, 6) is 0.228. The van der Waals surface area contributed by atoms with Crippen LogP contribution in [0, 0.1) is 12.8 Å². The number of rotatable bonds is 5. The van der Waals surface area contributed by atoms with Gasteiger partial charge in [0.15, 0.2) is 0 Å². The molecule has 0 heterocycles. The summed E-state index contributed by atoms with van der Waals surface area (Å²) in [6.07, 6.45) is 0.722. The van der Waals surface area contributed by atoms with Gasteiger partial charge in [-0.15, -0.1) is 0 Å². The topological polar surface area (TPSA) is 69.6 Å². The average Bonchev–Trinajstić information content (AvgIpc) is 2.31. The SMILES string of the molecule is Cc1ccc(C(=O)NC(CO)CC(C)C)cc1O. The lowest BCUT2D eigenvalue weighted by atomic mass is 10.0. The molecule has 1 amide bonds. The van der Waals surface area contributed by atoms with Crippen LogP contribution < -0.4 is 5.32 Å². The molecule has 4 nitrogen and oxygen atoms in total. The second kappa shape index (κ2) is 6.40. The fourth-order valence-electron chi connectivity index (χ4n) is 1.77. The standard InChI is InChI=1S/C14H21NO3/c1-9(2)6-12(8-16)15-14(18)11-5-4-10(3)13(17)7-11/h4-5,7,9,12,16-17H,6,8H2,1-3H3,(H,15,18). The lowest BCUT2D eigenvalue weighted by Gasteiger charge is -2.18. The van der Waals surface area contributed by atoms with E-state index in [1.807, 2.05) is 13.8 Å². The van der Waals surface area contributed by atoms with E-state index >= 15 is 0 Å². The molecule has 4 heteroatoms. The highest BCUT2D eigenvalue weighted by Crippen LogP contribution is 2.17. The predicted molar refractivity (Wildman–Crippen MR) is 70.6 cm³/mol. The number of benzene rings is 1. The maximum Gasteiger partial charge on any atom is 0.251 e. The highest BCUT2D eigenvalue weighted by molar-refractivity contribution is 5.94. The Balaban J connectivity index is 2.71. The van der Waals surface area contributed by atoms with E-state index in [0.29, 0.717) is 11.5 Å². The van der Waals surface area contributed by atoms with E-state index in [1.165, 1.54) is 6.07 Å². The van der Waals surface area contributed by atoms with Crippen molar-refractivity contribution < 1.29 is 15.0 Å². The molecule has 0 radical (unpaired) electrons. The van der Waals surface area contributed by atoms with Crippen molar-refractivity contribution >= 4 is 5.91 Å². The molecule has 1 rings (SSSR count). The first kappa shape index (κ1) is 14.5. The van der Waals surface area contributed by atoms with Crippen LogP contribution in [0.1, 0.15) is 36.2 Å². The molecule has 100 valence electrons. The molecule has 18 heavy (non-hydrogen) atoms. The second-order valence-electron chi connectivity index (χ2n) is 4.98. The zero-order valence-electron chi connectivity index (χ0n) is 11.1. The van der Waals surface area contributed by atoms with Gasteiger partial charge in [-0.05, 0) is 37.0 Å². The number of aryl methyl sites for hydroxylation is 1. The van der Waals surface area contributed by atoms with Crippen molar-refractivity contribution in [3.05, 3.63) is 29.3 Å². The van der Waals surface area contributed by atoms with Gasteiger partial charge in [-0.25, -0.2) is 0 Å². The molecular formula is C14H21NO3. The third kappa shape index (κ3) is 4.04. The van der Waals surface area contributed by atoms with Crippen LogP contribution in [0.5, 0.6) is 5.75 Å². The molecule has 1 atom stereocenters. The molecule has 0 aliphatic rings. The highest BCUT2D eigenvalue weighted by atomic mass is 16.3. The monoisotopic (exact) mass is 251 g/mol. The summed E-state index contributed by atoms with van der Waals surface area (Å²) in [7, 11) is 0. The number of hydrogen-bond donors (Lipinski definition) is 3. The predicted octanol–water partition coefficient (Wildman–Crippen LogP) is 1.84. The van der Waals surface area contributed by atoms with Gasteiger partial charge < -0.3 is 15.5 Å². The Morgan fingerprint density at radius 1 is 1.39 bits per heavy atom. The van der Waals surface area contributed by atoms with Gasteiger partial charge in [0.25, 0.3) is 5.91 Å². The first-order valence-corrected chi connectivity index (χ1v) is 6.15. The number of amides is 1. The van der Waals surface area contributed by atoms with Crippen LogP contribution in [0.25, 0.3) is 0 Å². The van der Waals surface area contributed by atoms with Crippen molar-refractivity contribution in [3.8, 4) is 5.75 Å². The molecule has 0 saturated heterocycles. The Kier molecular flexibility index (Phi) is 5.16. The molecule has 0 aliphatic heterocycles. The van der Waals surface area contributed by atoms with Gasteiger partial charge in [0, 0.05) is 5.56 Å². The minimum atomic E-state index is -0.273. The molecule has 1 aromatic carbocycles. The molecule has 0 spiro atoms. The Morgan fingerprint density at radius 3 is 2.56 bits per heavy atom. The van der Waals surface area contributed by atoms with Crippen molar-refractivity contribution in [2.24, 2.45) is 5.92 Å². The first-order valence-electron chi connectivity index (χ1n) is 6.15. The zero-order chi connectivity index (χ0) is 13.7. The molecule has 1 unspecified atom stereocenters. The summed E-state index contributed by atoms with van der Waals surface area (Å²) in [6.45, 7) is 5.76. The van der Waals surface area contributed by atoms with E-state index in [-0.39, 0.29) is 24.3 Å². The minimum absolute atomic E-state index is 0.0816. The van der Waals surface area contributed by atoms with Crippen LogP contribution in [0.2, 0.25) is 0 Å². The average molecular weight is 251 g/mol. The van der Waals surface area contributed by atoms with Crippen LogP contribution in [0.3, 0.4) is 0 Å². The summed E-state index contributed by atoms with van der Waals surface area (Å²) in [5, 5.41) is 21.5. The molecule has 0 aromatic heterocycles. The van der Waals surface area contributed by atoms with Crippen molar-refractivity contribution in [3.63, 3.8) is 0 Å². The van der Waals surface area contributed by atoms with E-state index in [1.54, 1.807) is 19.1 Å². The number of hydrogen-bond acceptors (Lipinski definition) is 3. The molecule has 1 aromatic rings. The van der Waals surface area contributed by atoms with Gasteiger partial charge in [0.2, 0.25) is 0 Å². The van der Waals surface area contributed by atoms with Crippen molar-refractivity contribution in [2.45, 2.75) is 33.2 Å². The summed E-state index contributed by atoms with van der Waals surface area (Å²) in [6, 6.07) is 4.55. The number of carbonyl (C=O) groups excluding carboxylic acids is 1. The molecule has 0 saturated carbocycles. The fraction of sp³-hybridized carbons (Fsp3) is 0.500. The van der Waals surface area contributed by atoms with Gasteiger partial charge in [0.05, 0.1) is 12.6 Å². The number of aromatic hydroxyl groups is 1. The third-order valence-electron chi connectivity index (χ3n) is 2.78. The van der Waals surface area contributed by atoms with E-state index in [4.69, 9.17) is 0 Å². The molecule has 0 aliphatic carbocycles. The van der Waals surface area contributed by atoms with Crippen LogP contribution in [-0.4, -0.2) is 28.8 Å². The largest absolute Gasteiger partial charge is 0.508 e. The summed E-state index contributed by atoms with van der Waals surface area (Å²) < 4.78 is 0.